The van der Waals surface area contributed by atoms with E-state index in [9.17, 15) is 9.90 Å². The van der Waals surface area contributed by atoms with Gasteiger partial charge in [0.05, 0.1) is 5.39 Å². The molecule has 5 heteroatoms. The Balaban J connectivity index is 2.39. The summed E-state index contributed by atoms with van der Waals surface area (Å²) >= 11 is 5.52. The van der Waals surface area contributed by atoms with Gasteiger partial charge >= 0.3 is 0 Å². The second kappa shape index (κ2) is 5.21. The molecule has 0 atom stereocenters. The van der Waals surface area contributed by atoms with Gasteiger partial charge in [-0.25, -0.2) is 0 Å². The van der Waals surface area contributed by atoms with Gasteiger partial charge in [-0.15, -0.1) is 0 Å². The first-order chi connectivity index (χ1) is 9.58. The van der Waals surface area contributed by atoms with Crippen LogP contribution in [-0.2, 0) is 0 Å². The van der Waals surface area contributed by atoms with Gasteiger partial charge in [-0.3, -0.25) is 4.79 Å². The SMILES string of the molecule is O=c1c(O)c(-c2ccccc2)oc2cc(Br)c(I)cc12. The summed E-state index contributed by atoms with van der Waals surface area (Å²) in [6.45, 7) is 0. The van der Waals surface area contributed by atoms with Crippen LogP contribution in [0, 0.1) is 3.57 Å². The molecular weight excluding hydrogens is 435 g/mol. The Labute approximate surface area is 136 Å². The van der Waals surface area contributed by atoms with Crippen molar-refractivity contribution in [2.75, 3.05) is 0 Å². The molecule has 0 aliphatic rings. The van der Waals surface area contributed by atoms with Gasteiger partial charge in [0.1, 0.15) is 5.58 Å². The van der Waals surface area contributed by atoms with Crippen molar-refractivity contribution < 1.29 is 9.52 Å². The lowest BCUT2D eigenvalue weighted by Gasteiger charge is -2.07. The number of hydrogen-bond acceptors (Lipinski definition) is 3. The van der Waals surface area contributed by atoms with Crippen LogP contribution in [0.15, 0.2) is 56.1 Å². The van der Waals surface area contributed by atoms with E-state index in [1.165, 1.54) is 0 Å². The molecule has 3 nitrogen and oxygen atoms in total. The summed E-state index contributed by atoms with van der Waals surface area (Å²) in [4.78, 5) is 12.3. The molecule has 0 spiro atoms. The molecular formula is C15H8BrIO3. The molecule has 20 heavy (non-hydrogen) atoms. The summed E-state index contributed by atoms with van der Waals surface area (Å²) < 4.78 is 7.44. The van der Waals surface area contributed by atoms with Crippen molar-refractivity contribution in [3.05, 3.63) is 60.7 Å². The smallest absolute Gasteiger partial charge is 0.235 e. The van der Waals surface area contributed by atoms with Crippen LogP contribution < -0.4 is 5.43 Å². The molecule has 0 aliphatic heterocycles. The lowest BCUT2D eigenvalue weighted by Crippen LogP contribution is -2.03. The highest BCUT2D eigenvalue weighted by molar-refractivity contribution is 14.1. The highest BCUT2D eigenvalue weighted by Gasteiger charge is 2.16. The highest BCUT2D eigenvalue weighted by atomic mass is 127. The zero-order valence-corrected chi connectivity index (χ0v) is 13.8. The Morgan fingerprint density at radius 2 is 1.85 bits per heavy atom. The molecule has 100 valence electrons. The van der Waals surface area contributed by atoms with Crippen LogP contribution in [-0.4, -0.2) is 5.11 Å². The standard InChI is InChI=1S/C15H8BrIO3/c16-10-7-12-9(6-11(10)17)13(18)14(19)15(20-12)8-4-2-1-3-5-8/h1-7,19H. The van der Waals surface area contributed by atoms with E-state index < -0.39 is 5.43 Å². The molecule has 0 fully saturated rings. The Bertz CT molecular complexity index is 856. The Morgan fingerprint density at radius 1 is 1.15 bits per heavy atom. The van der Waals surface area contributed by atoms with E-state index >= 15 is 0 Å². The fourth-order valence-corrected chi connectivity index (χ4v) is 2.75. The first kappa shape index (κ1) is 13.6. The number of rotatable bonds is 1. The first-order valence-electron chi connectivity index (χ1n) is 5.78. The van der Waals surface area contributed by atoms with Crippen LogP contribution in [0.4, 0.5) is 0 Å². The van der Waals surface area contributed by atoms with E-state index in [-0.39, 0.29) is 11.5 Å². The third-order valence-electron chi connectivity index (χ3n) is 2.95. The number of fused-ring (bicyclic) bond motifs is 1. The van der Waals surface area contributed by atoms with E-state index in [1.54, 1.807) is 24.3 Å². The van der Waals surface area contributed by atoms with Crippen molar-refractivity contribution in [3.8, 4) is 17.1 Å². The average molecular weight is 443 g/mol. The normalized spacial score (nSPS) is 10.9. The Kier molecular flexibility index (Phi) is 3.55. The van der Waals surface area contributed by atoms with E-state index in [1.807, 2.05) is 18.2 Å². The second-order valence-corrected chi connectivity index (χ2v) is 6.25. The van der Waals surface area contributed by atoms with Crippen molar-refractivity contribution >= 4 is 49.5 Å². The average Bonchev–Trinajstić information content (AvgIpc) is 2.46. The van der Waals surface area contributed by atoms with Crippen LogP contribution in [0.3, 0.4) is 0 Å². The molecule has 0 saturated heterocycles. The summed E-state index contributed by atoms with van der Waals surface area (Å²) in [7, 11) is 0. The number of hydrogen-bond donors (Lipinski definition) is 1. The maximum absolute atomic E-state index is 12.3. The van der Waals surface area contributed by atoms with E-state index in [0.29, 0.717) is 16.5 Å². The summed E-state index contributed by atoms with van der Waals surface area (Å²) in [5.41, 5.74) is 0.688. The molecule has 0 amide bonds. The number of halogens is 2. The predicted molar refractivity (Wildman–Crippen MR) is 90.0 cm³/mol. The molecule has 1 aromatic heterocycles. The van der Waals surface area contributed by atoms with Crippen LogP contribution in [0.2, 0.25) is 0 Å². The molecule has 0 unspecified atom stereocenters. The van der Waals surface area contributed by atoms with Gasteiger partial charge in [-0.2, -0.15) is 0 Å². The molecule has 0 bridgehead atoms. The zero-order valence-electron chi connectivity index (χ0n) is 10.1. The summed E-state index contributed by atoms with van der Waals surface area (Å²) in [6, 6.07) is 12.5. The van der Waals surface area contributed by atoms with Crippen molar-refractivity contribution in [1.29, 1.82) is 0 Å². The third-order valence-corrected chi connectivity index (χ3v) is 5.24. The maximum Gasteiger partial charge on any atom is 0.235 e. The minimum Gasteiger partial charge on any atom is -0.502 e. The van der Waals surface area contributed by atoms with E-state index in [2.05, 4.69) is 38.5 Å². The topological polar surface area (TPSA) is 50.4 Å². The summed E-state index contributed by atoms with van der Waals surface area (Å²) in [5, 5.41) is 10.5. The molecule has 0 aliphatic carbocycles. The van der Waals surface area contributed by atoms with Crippen LogP contribution in [0.25, 0.3) is 22.3 Å². The fraction of sp³-hybridized carbons (Fsp3) is 0. The molecule has 1 heterocycles. The molecule has 2 aromatic carbocycles. The van der Waals surface area contributed by atoms with Crippen molar-refractivity contribution in [3.63, 3.8) is 0 Å². The van der Waals surface area contributed by atoms with Gasteiger partial charge < -0.3 is 9.52 Å². The zero-order chi connectivity index (χ0) is 14.3. The monoisotopic (exact) mass is 442 g/mol. The largest absolute Gasteiger partial charge is 0.502 e. The van der Waals surface area contributed by atoms with Crippen molar-refractivity contribution in [1.82, 2.24) is 0 Å². The van der Waals surface area contributed by atoms with Crippen molar-refractivity contribution in [2.45, 2.75) is 0 Å². The highest BCUT2D eigenvalue weighted by Crippen LogP contribution is 2.32. The third kappa shape index (κ3) is 2.25. The molecule has 1 N–H and O–H groups in total. The maximum atomic E-state index is 12.3. The Hall–Kier alpha value is -1.34. The van der Waals surface area contributed by atoms with Gasteiger partial charge in [-0.05, 0) is 50.7 Å². The minimum absolute atomic E-state index is 0.191. The molecule has 3 aromatic rings. The molecule has 0 saturated carbocycles. The summed E-state index contributed by atoms with van der Waals surface area (Å²) in [5.74, 6) is -0.168. The van der Waals surface area contributed by atoms with Gasteiger partial charge in [-0.1, -0.05) is 30.3 Å². The van der Waals surface area contributed by atoms with Gasteiger partial charge in [0.15, 0.2) is 5.76 Å². The van der Waals surface area contributed by atoms with E-state index in [0.717, 1.165) is 8.04 Å². The number of aromatic hydroxyl groups is 1. The number of benzene rings is 2. The quantitative estimate of drug-likeness (QED) is 0.563. The second-order valence-electron chi connectivity index (χ2n) is 4.24. The minimum atomic E-state index is -0.421. The lowest BCUT2D eigenvalue weighted by atomic mass is 10.1. The van der Waals surface area contributed by atoms with Crippen molar-refractivity contribution in [2.24, 2.45) is 0 Å². The van der Waals surface area contributed by atoms with Gasteiger partial charge in [0.2, 0.25) is 11.2 Å². The van der Waals surface area contributed by atoms with Crippen LogP contribution in [0.1, 0.15) is 0 Å². The van der Waals surface area contributed by atoms with Crippen LogP contribution >= 0.6 is 38.5 Å². The van der Waals surface area contributed by atoms with E-state index in [4.69, 9.17) is 4.42 Å². The predicted octanol–water partition coefficient (Wildman–Crippen LogP) is 4.53. The lowest BCUT2D eigenvalue weighted by molar-refractivity contribution is 0.449. The molecule has 0 radical (unpaired) electrons. The summed E-state index contributed by atoms with van der Waals surface area (Å²) in [6.07, 6.45) is 0. The van der Waals surface area contributed by atoms with Gasteiger partial charge in [0.25, 0.3) is 0 Å². The fourth-order valence-electron chi connectivity index (χ4n) is 1.96. The first-order valence-corrected chi connectivity index (χ1v) is 7.65. The van der Waals surface area contributed by atoms with Crippen LogP contribution in [0.5, 0.6) is 5.75 Å². The molecule has 3 rings (SSSR count). The van der Waals surface area contributed by atoms with Gasteiger partial charge in [0, 0.05) is 13.6 Å². The Morgan fingerprint density at radius 3 is 2.55 bits per heavy atom.